The zero-order chi connectivity index (χ0) is 26.9. The first-order chi connectivity index (χ1) is 18.2. The first kappa shape index (κ1) is 26.1. The molecule has 0 radical (unpaired) electrons. The number of hydrogen-bond acceptors (Lipinski definition) is 8. The number of thiophene rings is 1. The minimum absolute atomic E-state index is 0.256. The lowest BCUT2D eigenvalue weighted by molar-refractivity contribution is 0.100. The molecule has 2 aliphatic rings. The summed E-state index contributed by atoms with van der Waals surface area (Å²) in [5.41, 5.74) is 7.53. The van der Waals surface area contributed by atoms with E-state index >= 15 is 0 Å². The van der Waals surface area contributed by atoms with E-state index in [0.717, 1.165) is 31.6 Å². The second kappa shape index (κ2) is 10.7. The summed E-state index contributed by atoms with van der Waals surface area (Å²) < 4.78 is 20.0. The molecule has 2 amide bonds. The standard InChI is InChI=1S/C27H30FN5O4S/c1-16(34)11-17-5-6-19(21(28)12-17)22-13-20(24(29)35)25(38-22)31-23-4-2-3-18(30-23)14-33-9-7-27(8-10-33)15-37-26(36)32-27/h2-6,12-13,16,34H,7-11,14-15H2,1H3,(H2,29,35)(H,30,31)(H,32,36). The summed E-state index contributed by atoms with van der Waals surface area (Å²) in [7, 11) is 0. The van der Waals surface area contributed by atoms with Crippen LogP contribution in [0.2, 0.25) is 0 Å². The van der Waals surface area contributed by atoms with Crippen LogP contribution in [0.15, 0.2) is 42.5 Å². The van der Waals surface area contributed by atoms with E-state index in [1.54, 1.807) is 31.2 Å². The van der Waals surface area contributed by atoms with Gasteiger partial charge in [-0.05, 0) is 56.0 Å². The number of carbonyl (C=O) groups is 2. The molecule has 9 nitrogen and oxygen atoms in total. The lowest BCUT2D eigenvalue weighted by atomic mass is 9.89. The van der Waals surface area contributed by atoms with Gasteiger partial charge >= 0.3 is 6.09 Å². The van der Waals surface area contributed by atoms with Crippen LogP contribution in [0.3, 0.4) is 0 Å². The van der Waals surface area contributed by atoms with Crippen molar-refractivity contribution in [2.45, 2.75) is 44.4 Å². The Balaban J connectivity index is 1.29. The molecule has 0 bridgehead atoms. The molecule has 1 spiro atoms. The summed E-state index contributed by atoms with van der Waals surface area (Å²) in [6, 6.07) is 12.0. The molecule has 1 unspecified atom stereocenters. The second-order valence-corrected chi connectivity index (χ2v) is 11.0. The highest BCUT2D eigenvalue weighted by molar-refractivity contribution is 7.19. The fourth-order valence-electron chi connectivity index (χ4n) is 4.91. The topological polar surface area (TPSA) is 130 Å². The maximum atomic E-state index is 14.9. The Kier molecular flexibility index (Phi) is 7.33. The van der Waals surface area contributed by atoms with Crippen LogP contribution in [-0.4, -0.2) is 58.3 Å². The number of anilines is 2. The van der Waals surface area contributed by atoms with Crippen LogP contribution in [0, 0.1) is 5.82 Å². The summed E-state index contributed by atoms with van der Waals surface area (Å²) >= 11 is 1.22. The number of rotatable bonds is 8. The van der Waals surface area contributed by atoms with E-state index in [4.69, 9.17) is 15.5 Å². The van der Waals surface area contributed by atoms with E-state index in [9.17, 15) is 19.1 Å². The van der Waals surface area contributed by atoms with Gasteiger partial charge in [0, 0.05) is 30.1 Å². The van der Waals surface area contributed by atoms with Crippen molar-refractivity contribution in [3.05, 3.63) is 65.1 Å². The monoisotopic (exact) mass is 539 g/mol. The van der Waals surface area contributed by atoms with E-state index in [-0.39, 0.29) is 17.2 Å². The number of aromatic nitrogens is 1. The fraction of sp³-hybridized carbons (Fsp3) is 0.370. The molecule has 11 heteroatoms. The van der Waals surface area contributed by atoms with Gasteiger partial charge in [0.1, 0.15) is 23.2 Å². The van der Waals surface area contributed by atoms with Crippen molar-refractivity contribution in [2.24, 2.45) is 5.73 Å². The summed E-state index contributed by atoms with van der Waals surface area (Å²) in [5.74, 6) is -0.502. The van der Waals surface area contributed by atoms with Gasteiger partial charge < -0.3 is 26.2 Å². The Hall–Kier alpha value is -3.54. The largest absolute Gasteiger partial charge is 0.447 e. The Morgan fingerprint density at radius 1 is 1.32 bits per heavy atom. The number of primary amides is 1. The SMILES string of the molecule is CC(O)Cc1ccc(-c2cc(C(N)=O)c(Nc3cccc(CN4CCC5(CC4)COC(=O)N5)n3)s2)c(F)c1. The van der Waals surface area contributed by atoms with Gasteiger partial charge in [0.05, 0.1) is 22.9 Å². The first-order valence-electron chi connectivity index (χ1n) is 12.5. The minimum atomic E-state index is -0.623. The number of nitrogens with zero attached hydrogens (tertiary/aromatic N) is 2. The molecule has 2 aromatic heterocycles. The number of halogens is 1. The van der Waals surface area contributed by atoms with Crippen molar-refractivity contribution in [3.63, 3.8) is 0 Å². The third-order valence-electron chi connectivity index (χ3n) is 6.92. The lowest BCUT2D eigenvalue weighted by Gasteiger charge is -2.37. The summed E-state index contributed by atoms with van der Waals surface area (Å²) in [6.45, 7) is 4.33. The number of carbonyl (C=O) groups excluding carboxylic acids is 2. The molecule has 1 aromatic carbocycles. The molecule has 2 saturated heterocycles. The van der Waals surface area contributed by atoms with E-state index in [1.807, 2.05) is 12.1 Å². The first-order valence-corrected chi connectivity index (χ1v) is 13.3. The van der Waals surface area contributed by atoms with Crippen LogP contribution in [0.4, 0.5) is 20.0 Å². The number of alkyl carbamates (subject to hydrolysis) is 1. The lowest BCUT2D eigenvalue weighted by Crippen LogP contribution is -2.52. The number of hydrogen-bond donors (Lipinski definition) is 4. The number of benzene rings is 1. The number of cyclic esters (lactones) is 1. The maximum Gasteiger partial charge on any atom is 0.407 e. The number of piperidine rings is 1. The van der Waals surface area contributed by atoms with Crippen LogP contribution in [0.25, 0.3) is 10.4 Å². The summed E-state index contributed by atoms with van der Waals surface area (Å²) in [4.78, 5) is 31.2. The van der Waals surface area contributed by atoms with Crippen LogP contribution in [-0.2, 0) is 17.7 Å². The smallest absolute Gasteiger partial charge is 0.407 e. The van der Waals surface area contributed by atoms with Crippen LogP contribution < -0.4 is 16.4 Å². The zero-order valence-corrected chi connectivity index (χ0v) is 21.8. The van der Waals surface area contributed by atoms with Gasteiger partial charge in [0.15, 0.2) is 0 Å². The highest BCUT2D eigenvalue weighted by atomic mass is 32.1. The third-order valence-corrected chi connectivity index (χ3v) is 8.01. The van der Waals surface area contributed by atoms with Crippen molar-refractivity contribution in [3.8, 4) is 10.4 Å². The van der Waals surface area contributed by atoms with Crippen molar-refractivity contribution in [2.75, 3.05) is 25.0 Å². The molecule has 0 aliphatic carbocycles. The normalized spacial score (nSPS) is 17.7. The molecule has 4 heterocycles. The Morgan fingerprint density at radius 3 is 2.76 bits per heavy atom. The number of ether oxygens (including phenoxy) is 1. The number of nitrogens with one attached hydrogen (secondary N) is 2. The quantitative estimate of drug-likeness (QED) is 0.343. The maximum absolute atomic E-state index is 14.9. The highest BCUT2D eigenvalue weighted by Crippen LogP contribution is 2.38. The van der Waals surface area contributed by atoms with Crippen molar-refractivity contribution < 1.29 is 23.8 Å². The van der Waals surface area contributed by atoms with Crippen LogP contribution in [0.5, 0.6) is 0 Å². The van der Waals surface area contributed by atoms with Gasteiger partial charge in [-0.15, -0.1) is 11.3 Å². The van der Waals surface area contributed by atoms with Crippen LogP contribution in [0.1, 0.15) is 41.4 Å². The predicted octanol–water partition coefficient (Wildman–Crippen LogP) is 3.79. The summed E-state index contributed by atoms with van der Waals surface area (Å²) in [5, 5.41) is 16.2. The zero-order valence-electron chi connectivity index (χ0n) is 21.0. The van der Waals surface area contributed by atoms with Gasteiger partial charge in [0.2, 0.25) is 0 Å². The second-order valence-electron chi connectivity index (χ2n) is 9.98. The highest BCUT2D eigenvalue weighted by Gasteiger charge is 2.41. The molecule has 3 aromatic rings. The number of nitrogens with two attached hydrogens (primary N) is 1. The minimum Gasteiger partial charge on any atom is -0.447 e. The molecule has 2 fully saturated rings. The van der Waals surface area contributed by atoms with Gasteiger partial charge in [0.25, 0.3) is 5.91 Å². The summed E-state index contributed by atoms with van der Waals surface area (Å²) in [6.07, 6.45) is 1.06. The fourth-order valence-corrected chi connectivity index (χ4v) is 6.01. The van der Waals surface area contributed by atoms with Gasteiger partial charge in [-0.1, -0.05) is 18.2 Å². The average Bonchev–Trinajstić information content (AvgIpc) is 3.44. The number of pyridine rings is 1. The van der Waals surface area contributed by atoms with Crippen molar-refractivity contribution in [1.29, 1.82) is 0 Å². The molecule has 2 aliphatic heterocycles. The molecule has 5 N–H and O–H groups in total. The molecular formula is C27H30FN5O4S. The number of likely N-dealkylation sites (tertiary alicyclic amines) is 1. The number of aliphatic hydroxyl groups is 1. The van der Waals surface area contributed by atoms with E-state index in [1.165, 1.54) is 17.4 Å². The molecule has 0 saturated carbocycles. The van der Waals surface area contributed by atoms with Gasteiger partial charge in [-0.2, -0.15) is 0 Å². The van der Waals surface area contributed by atoms with E-state index in [0.29, 0.717) is 46.4 Å². The van der Waals surface area contributed by atoms with Crippen molar-refractivity contribution >= 4 is 34.2 Å². The predicted molar refractivity (Wildman–Crippen MR) is 143 cm³/mol. The molecule has 1 atom stereocenters. The Bertz CT molecular complexity index is 1350. The Labute approximate surface area is 223 Å². The third kappa shape index (κ3) is 5.79. The number of amides is 2. The Morgan fingerprint density at radius 2 is 2.11 bits per heavy atom. The van der Waals surface area contributed by atoms with E-state index in [2.05, 4.69) is 15.5 Å². The molecular weight excluding hydrogens is 509 g/mol. The molecule has 38 heavy (non-hydrogen) atoms. The van der Waals surface area contributed by atoms with Crippen LogP contribution >= 0.6 is 11.3 Å². The molecule has 200 valence electrons. The van der Waals surface area contributed by atoms with Gasteiger partial charge in [-0.25, -0.2) is 14.2 Å². The van der Waals surface area contributed by atoms with E-state index < -0.39 is 17.8 Å². The number of aliphatic hydroxyl groups excluding tert-OH is 1. The molecule has 5 rings (SSSR count). The average molecular weight is 540 g/mol. The van der Waals surface area contributed by atoms with Gasteiger partial charge in [-0.3, -0.25) is 9.69 Å². The van der Waals surface area contributed by atoms with Crippen molar-refractivity contribution in [1.82, 2.24) is 15.2 Å².